The molecule has 134 valence electrons. The van der Waals surface area contributed by atoms with Gasteiger partial charge in [-0.05, 0) is 25.2 Å². The lowest BCUT2D eigenvalue weighted by atomic mass is 10.2. The number of nitrogens with one attached hydrogen (secondary N) is 1. The van der Waals surface area contributed by atoms with Crippen LogP contribution in [0, 0.1) is 0 Å². The number of aliphatic hydroxyl groups excluding tert-OH is 1. The Hall–Kier alpha value is -1.05. The van der Waals surface area contributed by atoms with E-state index in [0.717, 1.165) is 26.2 Å². The summed E-state index contributed by atoms with van der Waals surface area (Å²) in [5.74, 6) is 0. The van der Waals surface area contributed by atoms with Crippen LogP contribution in [0.3, 0.4) is 0 Å². The summed E-state index contributed by atoms with van der Waals surface area (Å²) in [6, 6.07) is 4.54. The molecular weight excluding hydrogens is 351 g/mol. The number of rotatable bonds is 5. The summed E-state index contributed by atoms with van der Waals surface area (Å²) in [4.78, 5) is 18.1. The Balaban J connectivity index is 1.81. The quantitative estimate of drug-likeness (QED) is 0.827. The van der Waals surface area contributed by atoms with Gasteiger partial charge >= 0.3 is 6.03 Å². The van der Waals surface area contributed by atoms with E-state index in [0.29, 0.717) is 22.3 Å². The molecule has 1 aliphatic heterocycles. The Morgan fingerprint density at radius 3 is 2.67 bits per heavy atom. The molecule has 0 spiro atoms. The number of hydrogen-bond acceptors (Lipinski definition) is 4. The average molecular weight is 375 g/mol. The lowest BCUT2D eigenvalue weighted by Gasteiger charge is -2.34. The molecule has 1 atom stereocenters. The fourth-order valence-corrected chi connectivity index (χ4v) is 2.93. The van der Waals surface area contributed by atoms with Gasteiger partial charge in [0.1, 0.15) is 0 Å². The molecule has 1 aromatic carbocycles. The van der Waals surface area contributed by atoms with Crippen LogP contribution in [0.15, 0.2) is 18.2 Å². The van der Waals surface area contributed by atoms with Gasteiger partial charge in [-0.25, -0.2) is 4.79 Å². The van der Waals surface area contributed by atoms with Gasteiger partial charge in [0.2, 0.25) is 0 Å². The summed E-state index contributed by atoms with van der Waals surface area (Å²) in [6.45, 7) is 4.66. The number of carbonyl (C=O) groups excluding carboxylic acids is 1. The minimum atomic E-state index is -0.598. The highest BCUT2D eigenvalue weighted by Gasteiger charge is 2.20. The van der Waals surface area contributed by atoms with E-state index in [4.69, 9.17) is 23.2 Å². The molecule has 2 N–H and O–H groups in total. The summed E-state index contributed by atoms with van der Waals surface area (Å²) in [5, 5.41) is 13.8. The smallest absolute Gasteiger partial charge is 0.321 e. The van der Waals surface area contributed by atoms with Crippen LogP contribution >= 0.6 is 23.2 Å². The van der Waals surface area contributed by atoms with Crippen molar-refractivity contribution in [1.29, 1.82) is 0 Å². The summed E-state index contributed by atoms with van der Waals surface area (Å²) >= 11 is 11.9. The summed E-state index contributed by atoms with van der Waals surface area (Å²) in [7, 11) is 3.73. The van der Waals surface area contributed by atoms with E-state index in [1.165, 1.54) is 4.90 Å². The van der Waals surface area contributed by atoms with Crippen molar-refractivity contribution in [2.45, 2.75) is 6.10 Å². The Bertz CT molecular complexity index is 565. The third kappa shape index (κ3) is 5.79. The zero-order valence-corrected chi connectivity index (χ0v) is 15.5. The number of piperazine rings is 1. The number of aliphatic hydroxyl groups is 1. The second kappa shape index (κ2) is 8.87. The molecule has 0 aromatic heterocycles. The van der Waals surface area contributed by atoms with Crippen molar-refractivity contribution in [1.82, 2.24) is 14.7 Å². The monoisotopic (exact) mass is 374 g/mol. The number of carbonyl (C=O) groups is 1. The fourth-order valence-electron chi connectivity index (χ4n) is 2.59. The van der Waals surface area contributed by atoms with Gasteiger partial charge in [0.15, 0.2) is 0 Å². The lowest BCUT2D eigenvalue weighted by Crippen LogP contribution is -2.49. The molecule has 0 bridgehead atoms. The van der Waals surface area contributed by atoms with Crippen LogP contribution in [-0.4, -0.2) is 85.3 Å². The second-order valence-electron chi connectivity index (χ2n) is 6.19. The van der Waals surface area contributed by atoms with Crippen LogP contribution in [0.25, 0.3) is 0 Å². The lowest BCUT2D eigenvalue weighted by molar-refractivity contribution is 0.0670. The molecule has 1 saturated heterocycles. The molecular formula is C16H24Cl2N4O2. The highest BCUT2D eigenvalue weighted by molar-refractivity contribution is 6.35. The molecule has 0 saturated carbocycles. The van der Waals surface area contributed by atoms with Crippen LogP contribution in [-0.2, 0) is 0 Å². The molecule has 2 amide bonds. The number of hydrogen-bond donors (Lipinski definition) is 2. The van der Waals surface area contributed by atoms with Gasteiger partial charge in [0.05, 0.1) is 16.8 Å². The molecule has 0 radical (unpaired) electrons. The summed E-state index contributed by atoms with van der Waals surface area (Å²) in [6.07, 6.45) is -0.598. The number of anilines is 1. The molecule has 8 heteroatoms. The van der Waals surface area contributed by atoms with Crippen molar-refractivity contribution in [2.75, 3.05) is 58.7 Å². The minimum Gasteiger partial charge on any atom is -0.390 e. The van der Waals surface area contributed by atoms with Crippen LogP contribution in [0.5, 0.6) is 0 Å². The van der Waals surface area contributed by atoms with Gasteiger partial charge in [0.25, 0.3) is 0 Å². The third-order valence-electron chi connectivity index (χ3n) is 4.07. The Kier molecular flexibility index (Phi) is 7.13. The Morgan fingerprint density at radius 1 is 1.33 bits per heavy atom. The van der Waals surface area contributed by atoms with Crippen molar-refractivity contribution in [3.05, 3.63) is 28.2 Å². The molecule has 1 heterocycles. The van der Waals surface area contributed by atoms with Crippen molar-refractivity contribution >= 4 is 34.9 Å². The minimum absolute atomic E-state index is 0.246. The second-order valence-corrected chi connectivity index (χ2v) is 7.04. The van der Waals surface area contributed by atoms with E-state index in [1.807, 2.05) is 0 Å². The van der Waals surface area contributed by atoms with Crippen molar-refractivity contribution in [3.63, 3.8) is 0 Å². The molecule has 1 unspecified atom stereocenters. The highest BCUT2D eigenvalue weighted by atomic mass is 35.5. The van der Waals surface area contributed by atoms with Gasteiger partial charge in [-0.15, -0.1) is 0 Å². The highest BCUT2D eigenvalue weighted by Crippen LogP contribution is 2.25. The fraction of sp³-hybridized carbons (Fsp3) is 0.562. The molecule has 1 aromatic rings. The van der Waals surface area contributed by atoms with E-state index in [2.05, 4.69) is 22.2 Å². The van der Waals surface area contributed by atoms with E-state index in [1.54, 1.807) is 25.2 Å². The molecule has 6 nitrogen and oxygen atoms in total. The summed E-state index contributed by atoms with van der Waals surface area (Å²) < 4.78 is 0. The zero-order chi connectivity index (χ0) is 17.7. The van der Waals surface area contributed by atoms with Gasteiger partial charge in [-0.2, -0.15) is 0 Å². The SMILES string of the molecule is CN1CCN(CC(O)CN(C)C(=O)Nc2cc(Cl)ccc2Cl)CC1. The predicted octanol–water partition coefficient (Wildman–Crippen LogP) is 2.07. The zero-order valence-electron chi connectivity index (χ0n) is 14.0. The first-order valence-corrected chi connectivity index (χ1v) is 8.67. The average Bonchev–Trinajstić information content (AvgIpc) is 2.53. The van der Waals surface area contributed by atoms with Gasteiger partial charge in [-0.3, -0.25) is 4.90 Å². The number of β-amino-alcohol motifs (C(OH)–C–C–N with tert-alkyl or cyclic N) is 1. The van der Waals surface area contributed by atoms with Crippen LogP contribution in [0.1, 0.15) is 0 Å². The molecule has 24 heavy (non-hydrogen) atoms. The molecule has 1 aliphatic rings. The molecule has 0 aliphatic carbocycles. The summed E-state index contributed by atoms with van der Waals surface area (Å²) in [5.41, 5.74) is 0.453. The van der Waals surface area contributed by atoms with Crippen molar-refractivity contribution in [3.8, 4) is 0 Å². The number of benzene rings is 1. The Labute approximate surface area is 152 Å². The Morgan fingerprint density at radius 2 is 2.00 bits per heavy atom. The van der Waals surface area contributed by atoms with Crippen molar-refractivity contribution < 1.29 is 9.90 Å². The number of nitrogens with zero attached hydrogens (tertiary/aromatic N) is 3. The van der Waals surface area contributed by atoms with Gasteiger partial charge in [-0.1, -0.05) is 23.2 Å². The third-order valence-corrected chi connectivity index (χ3v) is 4.63. The molecule has 1 fully saturated rings. The predicted molar refractivity (Wildman–Crippen MR) is 98.1 cm³/mol. The standard InChI is InChI=1S/C16H24Cl2N4O2/c1-20-5-7-22(8-6-20)11-13(23)10-21(2)16(24)19-15-9-12(17)3-4-14(15)18/h3-4,9,13,23H,5-8,10-11H2,1-2H3,(H,19,24). The largest absolute Gasteiger partial charge is 0.390 e. The van der Waals surface area contributed by atoms with Gasteiger partial charge < -0.3 is 20.2 Å². The van der Waals surface area contributed by atoms with Crippen molar-refractivity contribution in [2.24, 2.45) is 0 Å². The van der Waals surface area contributed by atoms with E-state index in [-0.39, 0.29) is 12.6 Å². The normalized spacial score (nSPS) is 17.5. The van der Waals surface area contributed by atoms with E-state index >= 15 is 0 Å². The first kappa shape index (κ1) is 19.3. The number of amides is 2. The van der Waals surface area contributed by atoms with Gasteiger partial charge in [0, 0.05) is 51.3 Å². The topological polar surface area (TPSA) is 59.1 Å². The number of halogens is 2. The molecule has 2 rings (SSSR count). The number of urea groups is 1. The van der Waals surface area contributed by atoms with E-state index < -0.39 is 6.10 Å². The first-order valence-electron chi connectivity index (χ1n) is 7.91. The number of likely N-dealkylation sites (N-methyl/N-ethyl adjacent to an activating group) is 2. The van der Waals surface area contributed by atoms with Crippen LogP contribution in [0.2, 0.25) is 10.0 Å². The van der Waals surface area contributed by atoms with Crippen LogP contribution < -0.4 is 5.32 Å². The van der Waals surface area contributed by atoms with E-state index in [9.17, 15) is 9.90 Å². The maximum absolute atomic E-state index is 12.2. The maximum Gasteiger partial charge on any atom is 0.321 e. The van der Waals surface area contributed by atoms with Crippen LogP contribution in [0.4, 0.5) is 10.5 Å². The maximum atomic E-state index is 12.2. The first-order chi connectivity index (χ1) is 11.3.